The number of hydrogen-bond donors (Lipinski definition) is 0. The predicted octanol–water partition coefficient (Wildman–Crippen LogP) is 3.17. The van der Waals surface area contributed by atoms with E-state index < -0.39 is 11.4 Å². The van der Waals surface area contributed by atoms with Gasteiger partial charge < -0.3 is 4.74 Å². The minimum absolute atomic E-state index is 0.165. The van der Waals surface area contributed by atoms with Crippen molar-refractivity contribution in [1.29, 1.82) is 0 Å². The van der Waals surface area contributed by atoms with Crippen LogP contribution in [0.2, 0.25) is 0 Å². The zero-order chi connectivity index (χ0) is 14.8. The number of fused-ring (bicyclic) bond motifs is 1. The Morgan fingerprint density at radius 3 is 2.60 bits per heavy atom. The molecule has 3 heteroatoms. The molecule has 3 nitrogen and oxygen atoms in total. The number of ketones is 1. The van der Waals surface area contributed by atoms with E-state index in [9.17, 15) is 9.59 Å². The highest BCUT2D eigenvalue weighted by molar-refractivity contribution is 6.06. The lowest BCUT2D eigenvalue weighted by Gasteiger charge is -2.30. The van der Waals surface area contributed by atoms with Crippen LogP contribution < -0.4 is 0 Å². The molecular weight excluding hydrogens is 252 g/mol. The third-order valence-corrected chi connectivity index (χ3v) is 4.08. The van der Waals surface area contributed by atoms with Gasteiger partial charge in [-0.25, -0.2) is 0 Å². The summed E-state index contributed by atoms with van der Waals surface area (Å²) in [5, 5.41) is 0. The topological polar surface area (TPSA) is 43.4 Å². The largest absolute Gasteiger partial charge is 0.465 e. The normalized spacial score (nSPS) is 16.6. The fraction of sp³-hybridized carbons (Fsp3) is 0.412. The maximum Gasteiger partial charge on any atom is 0.323 e. The van der Waals surface area contributed by atoms with Crippen molar-refractivity contribution in [3.8, 4) is 0 Å². The Hall–Kier alpha value is -1.90. The van der Waals surface area contributed by atoms with Gasteiger partial charge in [-0.1, -0.05) is 30.3 Å². The van der Waals surface area contributed by atoms with Crippen LogP contribution in [0.3, 0.4) is 0 Å². The molecule has 1 unspecified atom stereocenters. The fourth-order valence-electron chi connectivity index (χ4n) is 2.60. The Morgan fingerprint density at radius 2 is 1.95 bits per heavy atom. The van der Waals surface area contributed by atoms with Crippen LogP contribution in [0.4, 0.5) is 0 Å². The van der Waals surface area contributed by atoms with Gasteiger partial charge in [0.15, 0.2) is 5.78 Å². The van der Waals surface area contributed by atoms with Gasteiger partial charge in [0.2, 0.25) is 0 Å². The molecule has 0 N–H and O–H groups in total. The van der Waals surface area contributed by atoms with E-state index in [1.807, 2.05) is 24.3 Å². The first kappa shape index (κ1) is 14.5. The first-order chi connectivity index (χ1) is 9.50. The highest BCUT2D eigenvalue weighted by Crippen LogP contribution is 2.38. The second-order valence-corrected chi connectivity index (χ2v) is 5.27. The number of hydrogen-bond acceptors (Lipinski definition) is 3. The highest BCUT2D eigenvalue weighted by Gasteiger charge is 2.43. The number of carbonyl (C=O) groups is 2. The molecule has 2 rings (SSSR count). The summed E-state index contributed by atoms with van der Waals surface area (Å²) in [6.07, 6.45) is 3.54. The van der Waals surface area contributed by atoms with Crippen LogP contribution in [-0.2, 0) is 20.7 Å². The first-order valence-corrected chi connectivity index (χ1v) is 6.97. The van der Waals surface area contributed by atoms with Crippen molar-refractivity contribution in [2.24, 2.45) is 5.41 Å². The van der Waals surface area contributed by atoms with Gasteiger partial charge in [0.05, 0.1) is 6.61 Å². The van der Waals surface area contributed by atoms with Gasteiger partial charge in [-0.2, -0.15) is 0 Å². The minimum Gasteiger partial charge on any atom is -0.465 e. The van der Waals surface area contributed by atoms with Gasteiger partial charge in [-0.3, -0.25) is 9.59 Å². The second kappa shape index (κ2) is 5.61. The molecule has 0 saturated carbocycles. The van der Waals surface area contributed by atoms with Crippen molar-refractivity contribution < 1.29 is 14.3 Å². The van der Waals surface area contributed by atoms with Crippen LogP contribution in [0, 0.1) is 5.41 Å². The molecule has 0 amide bonds. The molecular formula is C17H20O3. The molecule has 0 spiro atoms. The van der Waals surface area contributed by atoms with Crippen LogP contribution in [0.25, 0.3) is 6.08 Å². The Labute approximate surface area is 119 Å². The van der Waals surface area contributed by atoms with Gasteiger partial charge in [-0.05, 0) is 50.3 Å². The van der Waals surface area contributed by atoms with Crippen molar-refractivity contribution >= 4 is 17.8 Å². The molecule has 1 atom stereocenters. The molecule has 0 aromatic heterocycles. The van der Waals surface area contributed by atoms with Crippen LogP contribution in [-0.4, -0.2) is 18.4 Å². The van der Waals surface area contributed by atoms with Gasteiger partial charge in [-0.15, -0.1) is 0 Å². The third kappa shape index (κ3) is 2.40. The molecule has 20 heavy (non-hydrogen) atoms. The lowest BCUT2D eigenvalue weighted by Crippen LogP contribution is -2.39. The summed E-state index contributed by atoms with van der Waals surface area (Å²) in [6.45, 7) is 5.17. The van der Waals surface area contributed by atoms with E-state index in [1.165, 1.54) is 12.5 Å². The van der Waals surface area contributed by atoms with Crippen molar-refractivity contribution in [3.63, 3.8) is 0 Å². The van der Waals surface area contributed by atoms with E-state index in [2.05, 4.69) is 6.07 Å². The zero-order valence-corrected chi connectivity index (χ0v) is 12.2. The van der Waals surface area contributed by atoms with Crippen LogP contribution in [0.5, 0.6) is 0 Å². The fourth-order valence-corrected chi connectivity index (χ4v) is 2.60. The van der Waals surface area contributed by atoms with Gasteiger partial charge in [0.1, 0.15) is 5.41 Å². The third-order valence-electron chi connectivity index (χ3n) is 4.08. The van der Waals surface area contributed by atoms with E-state index in [-0.39, 0.29) is 12.4 Å². The van der Waals surface area contributed by atoms with Crippen molar-refractivity contribution in [2.75, 3.05) is 6.61 Å². The van der Waals surface area contributed by atoms with E-state index in [1.54, 1.807) is 13.8 Å². The molecule has 1 aromatic carbocycles. The van der Waals surface area contributed by atoms with Gasteiger partial charge >= 0.3 is 5.97 Å². The number of rotatable bonds is 4. The Kier molecular flexibility index (Phi) is 4.07. The predicted molar refractivity (Wildman–Crippen MR) is 78.2 cm³/mol. The van der Waals surface area contributed by atoms with E-state index in [0.717, 1.165) is 17.6 Å². The van der Waals surface area contributed by atoms with Crippen LogP contribution in [0.15, 0.2) is 29.8 Å². The minimum atomic E-state index is -1.16. The van der Waals surface area contributed by atoms with E-state index >= 15 is 0 Å². The van der Waals surface area contributed by atoms with Crippen LogP contribution >= 0.6 is 0 Å². The average Bonchev–Trinajstić information content (AvgIpc) is 2.45. The first-order valence-electron chi connectivity index (χ1n) is 6.97. The Bertz CT molecular complexity index is 571. The molecule has 1 aromatic rings. The van der Waals surface area contributed by atoms with Crippen molar-refractivity contribution in [2.45, 2.75) is 33.6 Å². The SMILES string of the molecule is CCOC(=O)C(C)(C(C)=O)C1=Cc2ccccc2CC1. The number of aryl methyl sites for hydroxylation is 1. The van der Waals surface area contributed by atoms with Crippen LogP contribution in [0.1, 0.15) is 38.3 Å². The maximum atomic E-state index is 12.2. The summed E-state index contributed by atoms with van der Waals surface area (Å²) >= 11 is 0. The molecule has 0 radical (unpaired) electrons. The molecule has 0 bridgehead atoms. The number of carbonyl (C=O) groups excluding carboxylic acids is 2. The molecule has 0 saturated heterocycles. The average molecular weight is 272 g/mol. The smallest absolute Gasteiger partial charge is 0.323 e. The van der Waals surface area contributed by atoms with Gasteiger partial charge in [0, 0.05) is 0 Å². The zero-order valence-electron chi connectivity index (χ0n) is 12.2. The van der Waals surface area contributed by atoms with Gasteiger partial charge in [0.25, 0.3) is 0 Å². The summed E-state index contributed by atoms with van der Waals surface area (Å²) < 4.78 is 5.11. The maximum absolute atomic E-state index is 12.2. The number of esters is 1. The summed E-state index contributed by atoms with van der Waals surface area (Å²) in [5.41, 5.74) is 2.03. The van der Waals surface area contributed by atoms with E-state index in [0.29, 0.717) is 6.42 Å². The molecule has 0 fully saturated rings. The second-order valence-electron chi connectivity index (χ2n) is 5.27. The monoisotopic (exact) mass is 272 g/mol. The van der Waals surface area contributed by atoms with E-state index in [4.69, 9.17) is 4.74 Å². The molecule has 0 aliphatic heterocycles. The molecule has 0 heterocycles. The number of ether oxygens (including phenoxy) is 1. The summed E-state index contributed by atoms with van der Waals surface area (Å²) in [7, 11) is 0. The highest BCUT2D eigenvalue weighted by atomic mass is 16.5. The lowest BCUT2D eigenvalue weighted by atomic mass is 9.73. The summed E-state index contributed by atoms with van der Waals surface area (Å²) in [5.74, 6) is -0.611. The summed E-state index contributed by atoms with van der Waals surface area (Å²) in [4.78, 5) is 24.3. The Morgan fingerprint density at radius 1 is 1.25 bits per heavy atom. The summed E-state index contributed by atoms with van der Waals surface area (Å²) in [6, 6.07) is 8.07. The molecule has 106 valence electrons. The molecule has 1 aliphatic rings. The number of benzene rings is 1. The quantitative estimate of drug-likeness (QED) is 0.624. The van der Waals surface area contributed by atoms with Crippen molar-refractivity contribution in [3.05, 3.63) is 41.0 Å². The van der Waals surface area contributed by atoms with Crippen molar-refractivity contribution in [1.82, 2.24) is 0 Å². The standard InChI is InChI=1S/C17H20O3/c1-4-20-16(19)17(3,12(2)18)15-10-9-13-7-5-6-8-14(13)11-15/h5-8,11H,4,9-10H2,1-3H3. The number of Topliss-reactive ketones (excluding diaryl/α,β-unsaturated/α-hetero) is 1. The lowest BCUT2D eigenvalue weighted by molar-refractivity contribution is -0.155. The molecule has 1 aliphatic carbocycles. The Balaban J connectivity index is 2.44.